The Kier molecular flexibility index (Phi) is 4.32. The molecule has 0 aliphatic heterocycles. The smallest absolute Gasteiger partial charge is 0.248 e. The Morgan fingerprint density at radius 1 is 1.62 bits per heavy atom. The lowest BCUT2D eigenvalue weighted by molar-refractivity contribution is -0.111. The topological polar surface area (TPSA) is 63.2 Å². The zero-order valence-corrected chi connectivity index (χ0v) is 9.41. The van der Waals surface area contributed by atoms with Crippen LogP contribution in [0.3, 0.4) is 0 Å². The molecule has 0 unspecified atom stereocenters. The number of ether oxygens (including phenoxy) is 1. The van der Waals surface area contributed by atoms with Crippen LogP contribution in [0.25, 0.3) is 0 Å². The number of methoxy groups -OCH3 is 1. The molecule has 16 heavy (non-hydrogen) atoms. The van der Waals surface area contributed by atoms with E-state index in [4.69, 9.17) is 4.74 Å². The second-order valence-corrected chi connectivity index (χ2v) is 2.97. The molecule has 2 N–H and O–H groups in total. The molecule has 0 aromatic carbocycles. The quantitative estimate of drug-likeness (QED) is 0.742. The van der Waals surface area contributed by atoms with Crippen LogP contribution in [0, 0.1) is 0 Å². The minimum Gasteiger partial charge on any atom is -0.481 e. The van der Waals surface area contributed by atoms with Crippen LogP contribution in [-0.2, 0) is 4.79 Å². The van der Waals surface area contributed by atoms with Crippen molar-refractivity contribution in [1.82, 2.24) is 4.98 Å². The van der Waals surface area contributed by atoms with E-state index >= 15 is 0 Å². The Labute approximate surface area is 94.5 Å². The van der Waals surface area contributed by atoms with Crippen LogP contribution < -0.4 is 15.4 Å². The van der Waals surface area contributed by atoms with Gasteiger partial charge in [0.25, 0.3) is 0 Å². The van der Waals surface area contributed by atoms with Crippen LogP contribution in [0.1, 0.15) is 6.92 Å². The largest absolute Gasteiger partial charge is 0.481 e. The van der Waals surface area contributed by atoms with Crippen molar-refractivity contribution in [2.75, 3.05) is 24.3 Å². The molecule has 1 aromatic heterocycles. The first-order valence-corrected chi connectivity index (χ1v) is 4.93. The first-order chi connectivity index (χ1) is 7.71. The summed E-state index contributed by atoms with van der Waals surface area (Å²) >= 11 is 0. The summed E-state index contributed by atoms with van der Waals surface area (Å²) in [5, 5.41) is 5.70. The summed E-state index contributed by atoms with van der Waals surface area (Å²) in [4.78, 5) is 15.3. The number of carbonyl (C=O) groups excluding carboxylic acids is 1. The lowest BCUT2D eigenvalue weighted by atomic mass is 10.3. The molecule has 1 amide bonds. The number of anilines is 2. The van der Waals surface area contributed by atoms with Gasteiger partial charge in [-0.15, -0.1) is 0 Å². The number of rotatable bonds is 5. The van der Waals surface area contributed by atoms with E-state index in [1.807, 2.05) is 6.92 Å². The van der Waals surface area contributed by atoms with Crippen LogP contribution in [0.15, 0.2) is 24.8 Å². The average Bonchev–Trinajstić information content (AvgIpc) is 2.31. The Hall–Kier alpha value is -2.04. The average molecular weight is 221 g/mol. The van der Waals surface area contributed by atoms with Gasteiger partial charge in [-0.25, -0.2) is 0 Å². The predicted octanol–water partition coefficient (Wildman–Crippen LogP) is 1.65. The number of nitrogens with zero attached hydrogens (tertiary/aromatic N) is 1. The molecule has 0 saturated carbocycles. The summed E-state index contributed by atoms with van der Waals surface area (Å²) in [5.74, 6) is 0.576. The fourth-order valence-corrected chi connectivity index (χ4v) is 1.15. The van der Waals surface area contributed by atoms with Crippen LogP contribution >= 0.6 is 0 Å². The summed E-state index contributed by atoms with van der Waals surface area (Å²) in [5.41, 5.74) is 0.749. The summed E-state index contributed by atoms with van der Waals surface area (Å²) < 4.78 is 4.99. The molecule has 0 atom stereocenters. The summed E-state index contributed by atoms with van der Waals surface area (Å²) in [6, 6.07) is 3.52. The standard InChI is InChI=1S/C11H15N3O2/c1-4-9(15)13-11-8(12-5-2)6-7-10(14-11)16-3/h4,6-7,12H,1,5H2,2-3H3,(H,13,14,15). The Morgan fingerprint density at radius 2 is 2.38 bits per heavy atom. The first-order valence-electron chi connectivity index (χ1n) is 4.93. The SMILES string of the molecule is C=CC(=O)Nc1nc(OC)ccc1NCC. The second-order valence-electron chi connectivity index (χ2n) is 2.97. The fraction of sp³-hybridized carbons (Fsp3) is 0.273. The maximum Gasteiger partial charge on any atom is 0.248 e. The van der Waals surface area contributed by atoms with Gasteiger partial charge in [0.1, 0.15) is 0 Å². The van der Waals surface area contributed by atoms with Gasteiger partial charge in [0.15, 0.2) is 5.82 Å². The van der Waals surface area contributed by atoms with Crippen molar-refractivity contribution >= 4 is 17.4 Å². The highest BCUT2D eigenvalue weighted by molar-refractivity contribution is 6.00. The third kappa shape index (κ3) is 2.98. The first kappa shape index (κ1) is 12.0. The molecule has 0 bridgehead atoms. The molecule has 5 nitrogen and oxygen atoms in total. The van der Waals surface area contributed by atoms with Gasteiger partial charge in [0.2, 0.25) is 11.8 Å². The van der Waals surface area contributed by atoms with Crippen molar-refractivity contribution < 1.29 is 9.53 Å². The van der Waals surface area contributed by atoms with Crippen LogP contribution in [0.4, 0.5) is 11.5 Å². The molecular weight excluding hydrogens is 206 g/mol. The van der Waals surface area contributed by atoms with E-state index in [2.05, 4.69) is 22.2 Å². The molecule has 1 rings (SSSR count). The van der Waals surface area contributed by atoms with Crippen molar-refractivity contribution in [2.24, 2.45) is 0 Å². The van der Waals surface area contributed by atoms with E-state index in [1.165, 1.54) is 13.2 Å². The molecule has 5 heteroatoms. The lowest BCUT2D eigenvalue weighted by Crippen LogP contribution is -2.12. The lowest BCUT2D eigenvalue weighted by Gasteiger charge is -2.11. The molecule has 0 fully saturated rings. The third-order valence-electron chi connectivity index (χ3n) is 1.87. The van der Waals surface area contributed by atoms with E-state index in [0.717, 1.165) is 12.2 Å². The number of pyridine rings is 1. The van der Waals surface area contributed by atoms with Gasteiger partial charge in [-0.1, -0.05) is 6.58 Å². The number of hydrogen-bond donors (Lipinski definition) is 2. The maximum atomic E-state index is 11.2. The monoisotopic (exact) mass is 221 g/mol. The fourth-order valence-electron chi connectivity index (χ4n) is 1.15. The van der Waals surface area contributed by atoms with E-state index in [9.17, 15) is 4.79 Å². The van der Waals surface area contributed by atoms with Crippen molar-refractivity contribution in [3.05, 3.63) is 24.8 Å². The van der Waals surface area contributed by atoms with Crippen LogP contribution in [-0.4, -0.2) is 24.5 Å². The van der Waals surface area contributed by atoms with Gasteiger partial charge < -0.3 is 15.4 Å². The van der Waals surface area contributed by atoms with E-state index < -0.39 is 0 Å². The summed E-state index contributed by atoms with van der Waals surface area (Å²) in [6.07, 6.45) is 1.19. The van der Waals surface area contributed by atoms with E-state index in [0.29, 0.717) is 11.7 Å². The molecule has 1 aromatic rings. The van der Waals surface area contributed by atoms with Gasteiger partial charge in [-0.2, -0.15) is 4.98 Å². The third-order valence-corrected chi connectivity index (χ3v) is 1.87. The molecule has 0 aliphatic carbocycles. The minimum absolute atomic E-state index is 0.306. The van der Waals surface area contributed by atoms with Crippen molar-refractivity contribution in [3.8, 4) is 5.88 Å². The second kappa shape index (κ2) is 5.75. The maximum absolute atomic E-state index is 11.2. The van der Waals surface area contributed by atoms with E-state index in [-0.39, 0.29) is 5.91 Å². The van der Waals surface area contributed by atoms with Crippen molar-refractivity contribution in [2.45, 2.75) is 6.92 Å². The molecule has 0 radical (unpaired) electrons. The highest BCUT2D eigenvalue weighted by Gasteiger charge is 2.07. The van der Waals surface area contributed by atoms with Gasteiger partial charge in [0.05, 0.1) is 12.8 Å². The summed E-state index contributed by atoms with van der Waals surface area (Å²) in [7, 11) is 1.52. The van der Waals surface area contributed by atoms with E-state index in [1.54, 1.807) is 12.1 Å². The van der Waals surface area contributed by atoms with Crippen molar-refractivity contribution in [1.29, 1.82) is 0 Å². The van der Waals surface area contributed by atoms with Crippen molar-refractivity contribution in [3.63, 3.8) is 0 Å². The number of carbonyl (C=O) groups is 1. The molecule has 0 saturated heterocycles. The predicted molar refractivity (Wildman–Crippen MR) is 63.8 cm³/mol. The molecule has 0 spiro atoms. The highest BCUT2D eigenvalue weighted by atomic mass is 16.5. The molecule has 86 valence electrons. The van der Waals surface area contributed by atoms with Gasteiger partial charge in [-0.3, -0.25) is 4.79 Å². The van der Waals surface area contributed by atoms with Crippen LogP contribution in [0.2, 0.25) is 0 Å². The van der Waals surface area contributed by atoms with Gasteiger partial charge in [-0.05, 0) is 19.1 Å². The Bertz CT molecular complexity index is 391. The highest BCUT2D eigenvalue weighted by Crippen LogP contribution is 2.22. The number of aromatic nitrogens is 1. The number of hydrogen-bond acceptors (Lipinski definition) is 4. The normalized spacial score (nSPS) is 9.38. The van der Waals surface area contributed by atoms with Gasteiger partial charge in [0, 0.05) is 12.6 Å². The Balaban J connectivity index is 2.99. The number of nitrogens with one attached hydrogen (secondary N) is 2. The minimum atomic E-state index is -0.306. The summed E-state index contributed by atoms with van der Waals surface area (Å²) in [6.45, 7) is 6.09. The molecule has 0 aliphatic rings. The van der Waals surface area contributed by atoms with Crippen LogP contribution in [0.5, 0.6) is 5.88 Å². The number of amides is 1. The molecular formula is C11H15N3O2. The zero-order valence-electron chi connectivity index (χ0n) is 9.41. The zero-order chi connectivity index (χ0) is 12.0. The Morgan fingerprint density at radius 3 is 2.94 bits per heavy atom. The molecule has 1 heterocycles. The van der Waals surface area contributed by atoms with Gasteiger partial charge >= 0.3 is 0 Å².